The third kappa shape index (κ3) is 1.09. The molecule has 2 heteroatoms. The van der Waals surface area contributed by atoms with Crippen LogP contribution in [0.2, 0.25) is 0 Å². The number of rotatable bonds is 1. The van der Waals surface area contributed by atoms with Gasteiger partial charge in [0, 0.05) is 0 Å². The molecule has 1 aliphatic heterocycles. The zero-order valence-electron chi connectivity index (χ0n) is 4.87. The smallest absolute Gasteiger partial charge is 0.145 e. The van der Waals surface area contributed by atoms with E-state index in [0.717, 1.165) is 6.42 Å². The number of allylic oxidation sites excluding steroid dienone is 1. The molecule has 0 spiro atoms. The third-order valence-corrected chi connectivity index (χ3v) is 1.07. The quantitative estimate of drug-likeness (QED) is 0.500. The van der Waals surface area contributed by atoms with E-state index in [1.54, 1.807) is 6.21 Å². The van der Waals surface area contributed by atoms with Gasteiger partial charge < -0.3 is 4.84 Å². The number of hydrogen-bond donors (Lipinski definition) is 0. The first kappa shape index (κ1) is 5.35. The summed E-state index contributed by atoms with van der Waals surface area (Å²) in [6.45, 7) is 2.07. The van der Waals surface area contributed by atoms with Gasteiger partial charge in [0.25, 0.3) is 0 Å². The molecule has 0 radical (unpaired) electrons. The van der Waals surface area contributed by atoms with Gasteiger partial charge in [0.2, 0.25) is 0 Å². The molecule has 0 N–H and O–H groups in total. The molecular formula is C6H9NO. The zero-order chi connectivity index (χ0) is 5.82. The molecule has 0 amide bonds. The molecule has 0 fully saturated rings. The molecule has 1 aliphatic rings. The average Bonchev–Trinajstić information content (AvgIpc) is 1.90. The minimum absolute atomic E-state index is 0.208. The summed E-state index contributed by atoms with van der Waals surface area (Å²) in [5.41, 5.74) is 0. The number of nitrogens with zero attached hydrogens (tertiary/aromatic N) is 1. The second kappa shape index (κ2) is 2.50. The van der Waals surface area contributed by atoms with E-state index in [0.29, 0.717) is 0 Å². The summed E-state index contributed by atoms with van der Waals surface area (Å²) in [4.78, 5) is 4.91. The maximum atomic E-state index is 4.91. The second-order valence-corrected chi connectivity index (χ2v) is 1.69. The third-order valence-electron chi connectivity index (χ3n) is 1.07. The van der Waals surface area contributed by atoms with Gasteiger partial charge in [-0.25, -0.2) is 0 Å². The summed E-state index contributed by atoms with van der Waals surface area (Å²) in [6.07, 6.45) is 6.74. The Kier molecular flexibility index (Phi) is 1.67. The topological polar surface area (TPSA) is 21.6 Å². The average molecular weight is 111 g/mol. The molecule has 44 valence electrons. The van der Waals surface area contributed by atoms with Gasteiger partial charge in [0.15, 0.2) is 0 Å². The summed E-state index contributed by atoms with van der Waals surface area (Å²) in [5.74, 6) is 0. The normalized spacial score (nSPS) is 25.4. The highest BCUT2D eigenvalue weighted by atomic mass is 16.6. The highest BCUT2D eigenvalue weighted by Gasteiger charge is 2.01. The van der Waals surface area contributed by atoms with Crippen LogP contribution in [0, 0.1) is 0 Å². The highest BCUT2D eigenvalue weighted by Crippen LogP contribution is 2.02. The molecule has 0 aliphatic carbocycles. The van der Waals surface area contributed by atoms with Crippen molar-refractivity contribution in [3.63, 3.8) is 0 Å². The Morgan fingerprint density at radius 1 is 1.75 bits per heavy atom. The Balaban J connectivity index is 2.40. The lowest BCUT2D eigenvalue weighted by molar-refractivity contribution is 0.0887. The highest BCUT2D eigenvalue weighted by molar-refractivity contribution is 5.71. The van der Waals surface area contributed by atoms with Crippen molar-refractivity contribution in [2.45, 2.75) is 19.4 Å². The molecule has 0 aromatic carbocycles. The molecule has 1 heterocycles. The van der Waals surface area contributed by atoms with Crippen LogP contribution in [0.5, 0.6) is 0 Å². The predicted octanol–water partition coefficient (Wildman–Crippen LogP) is 1.34. The lowest BCUT2D eigenvalue weighted by Crippen LogP contribution is -2.06. The van der Waals surface area contributed by atoms with Crippen molar-refractivity contribution in [2.75, 3.05) is 0 Å². The van der Waals surface area contributed by atoms with E-state index in [1.165, 1.54) is 0 Å². The molecule has 0 aromatic heterocycles. The van der Waals surface area contributed by atoms with Gasteiger partial charge in [-0.2, -0.15) is 0 Å². The Morgan fingerprint density at radius 3 is 3.00 bits per heavy atom. The van der Waals surface area contributed by atoms with E-state index < -0.39 is 0 Å². The monoisotopic (exact) mass is 111 g/mol. The summed E-state index contributed by atoms with van der Waals surface area (Å²) in [5, 5.41) is 3.62. The van der Waals surface area contributed by atoms with E-state index >= 15 is 0 Å². The van der Waals surface area contributed by atoms with Crippen molar-refractivity contribution >= 4 is 6.21 Å². The number of hydrogen-bond acceptors (Lipinski definition) is 2. The maximum absolute atomic E-state index is 4.91. The molecule has 0 bridgehead atoms. The van der Waals surface area contributed by atoms with Crippen LogP contribution >= 0.6 is 0 Å². The molecule has 0 saturated heterocycles. The van der Waals surface area contributed by atoms with Gasteiger partial charge in [0.05, 0.1) is 6.21 Å². The Bertz CT molecular complexity index is 118. The van der Waals surface area contributed by atoms with Gasteiger partial charge in [-0.3, -0.25) is 0 Å². The molecular weight excluding hydrogens is 102 g/mol. The van der Waals surface area contributed by atoms with Crippen LogP contribution in [0.1, 0.15) is 13.3 Å². The van der Waals surface area contributed by atoms with E-state index in [4.69, 9.17) is 4.84 Å². The fourth-order valence-corrected chi connectivity index (χ4v) is 0.568. The summed E-state index contributed by atoms with van der Waals surface area (Å²) in [6, 6.07) is 0. The van der Waals surface area contributed by atoms with Crippen molar-refractivity contribution in [1.29, 1.82) is 0 Å². The molecule has 1 atom stereocenters. The molecule has 1 rings (SSSR count). The van der Waals surface area contributed by atoms with Crippen LogP contribution in [-0.2, 0) is 4.84 Å². The second-order valence-electron chi connectivity index (χ2n) is 1.69. The van der Waals surface area contributed by atoms with Crippen LogP contribution < -0.4 is 0 Å². The van der Waals surface area contributed by atoms with Crippen molar-refractivity contribution < 1.29 is 4.84 Å². The molecule has 1 unspecified atom stereocenters. The van der Waals surface area contributed by atoms with Crippen LogP contribution in [0.3, 0.4) is 0 Å². The maximum Gasteiger partial charge on any atom is 0.145 e. The van der Waals surface area contributed by atoms with Crippen LogP contribution in [0.25, 0.3) is 0 Å². The van der Waals surface area contributed by atoms with Crippen LogP contribution in [-0.4, -0.2) is 12.3 Å². The Morgan fingerprint density at radius 2 is 2.62 bits per heavy atom. The summed E-state index contributed by atoms with van der Waals surface area (Å²) >= 11 is 0. The largest absolute Gasteiger partial charge is 0.388 e. The Labute approximate surface area is 48.8 Å². The minimum Gasteiger partial charge on any atom is -0.388 e. The predicted molar refractivity (Wildman–Crippen MR) is 32.8 cm³/mol. The first-order valence-electron chi connectivity index (χ1n) is 2.79. The summed E-state index contributed by atoms with van der Waals surface area (Å²) < 4.78 is 0. The first-order valence-corrected chi connectivity index (χ1v) is 2.79. The lowest BCUT2D eigenvalue weighted by Gasteiger charge is -2.08. The minimum atomic E-state index is 0.208. The molecule has 0 aromatic rings. The molecule has 8 heavy (non-hydrogen) atoms. The van der Waals surface area contributed by atoms with Crippen molar-refractivity contribution in [2.24, 2.45) is 5.16 Å². The molecule has 0 saturated carbocycles. The zero-order valence-corrected chi connectivity index (χ0v) is 4.87. The van der Waals surface area contributed by atoms with E-state index in [2.05, 4.69) is 12.1 Å². The first-order chi connectivity index (χ1) is 3.93. The van der Waals surface area contributed by atoms with E-state index in [1.807, 2.05) is 12.2 Å². The fraction of sp³-hybridized carbons (Fsp3) is 0.500. The van der Waals surface area contributed by atoms with E-state index in [-0.39, 0.29) is 6.10 Å². The van der Waals surface area contributed by atoms with Gasteiger partial charge in [-0.05, 0) is 18.6 Å². The SMILES string of the molecule is CCC1C=CC=NO1. The van der Waals surface area contributed by atoms with Gasteiger partial charge in [0.1, 0.15) is 6.10 Å². The van der Waals surface area contributed by atoms with Crippen molar-refractivity contribution in [3.8, 4) is 0 Å². The van der Waals surface area contributed by atoms with Crippen LogP contribution in [0.4, 0.5) is 0 Å². The van der Waals surface area contributed by atoms with Crippen LogP contribution in [0.15, 0.2) is 17.3 Å². The van der Waals surface area contributed by atoms with Crippen molar-refractivity contribution in [3.05, 3.63) is 12.2 Å². The number of oxime groups is 1. The molecule has 2 nitrogen and oxygen atoms in total. The standard InChI is InChI=1S/C6H9NO/c1-2-6-4-3-5-7-8-6/h3-6H,2H2,1H3. The van der Waals surface area contributed by atoms with Crippen molar-refractivity contribution in [1.82, 2.24) is 0 Å². The van der Waals surface area contributed by atoms with Gasteiger partial charge in [-0.1, -0.05) is 12.1 Å². The fourth-order valence-electron chi connectivity index (χ4n) is 0.568. The van der Waals surface area contributed by atoms with Gasteiger partial charge >= 0.3 is 0 Å². The summed E-state index contributed by atoms with van der Waals surface area (Å²) in [7, 11) is 0. The van der Waals surface area contributed by atoms with Gasteiger partial charge in [-0.15, -0.1) is 0 Å². The lowest BCUT2D eigenvalue weighted by atomic mass is 10.2. The Hall–Kier alpha value is -0.790. The van der Waals surface area contributed by atoms with E-state index in [9.17, 15) is 0 Å².